The van der Waals surface area contributed by atoms with Gasteiger partial charge in [0.25, 0.3) is 5.91 Å². The van der Waals surface area contributed by atoms with Gasteiger partial charge in [-0.15, -0.1) is 0 Å². The van der Waals surface area contributed by atoms with E-state index in [9.17, 15) is 18.0 Å². The molecular weight excluding hydrogens is 215 g/mol. The highest BCUT2D eigenvalue weighted by Crippen LogP contribution is 2.13. The molecule has 0 saturated carbocycles. The van der Waals surface area contributed by atoms with Gasteiger partial charge in [0, 0.05) is 6.20 Å². The number of alkyl halides is 3. The molecule has 0 saturated heterocycles. The van der Waals surface area contributed by atoms with E-state index in [1.54, 1.807) is 0 Å². The molecule has 1 aromatic rings. The lowest BCUT2D eigenvalue weighted by molar-refractivity contribution is -0.174. The Hall–Kier alpha value is -1.57. The van der Waals surface area contributed by atoms with Crippen LogP contribution in [0.25, 0.3) is 0 Å². The van der Waals surface area contributed by atoms with Crippen LogP contribution in [0.5, 0.6) is 0 Å². The highest BCUT2D eigenvalue weighted by atomic mass is 19.4. The summed E-state index contributed by atoms with van der Waals surface area (Å²) in [4.78, 5) is 11.1. The number of carbonyl (C=O) groups is 1. The van der Waals surface area contributed by atoms with Crippen LogP contribution >= 0.6 is 0 Å². The molecule has 0 aromatic carbocycles. The normalized spacial score (nSPS) is 11.4. The van der Waals surface area contributed by atoms with Gasteiger partial charge in [-0.05, 0) is 6.07 Å². The first-order valence-electron chi connectivity index (χ1n) is 3.91. The summed E-state index contributed by atoms with van der Waals surface area (Å²) in [6, 6.07) is 1.39. The van der Waals surface area contributed by atoms with Crippen LogP contribution in [0, 0.1) is 0 Å². The second-order valence-electron chi connectivity index (χ2n) is 2.58. The van der Waals surface area contributed by atoms with Gasteiger partial charge in [0.15, 0.2) is 0 Å². The Morgan fingerprint density at radius 2 is 2.33 bits per heavy atom. The number of halogens is 3. The molecule has 0 aliphatic heterocycles. The van der Waals surface area contributed by atoms with Crippen LogP contribution in [0.2, 0.25) is 0 Å². The quantitative estimate of drug-likeness (QED) is 0.582. The van der Waals surface area contributed by atoms with Gasteiger partial charge in [0.2, 0.25) is 0 Å². The third-order valence-corrected chi connectivity index (χ3v) is 1.35. The van der Waals surface area contributed by atoms with Crippen LogP contribution in [0.15, 0.2) is 12.3 Å². The van der Waals surface area contributed by atoms with Crippen molar-refractivity contribution >= 4 is 5.91 Å². The van der Waals surface area contributed by atoms with Gasteiger partial charge in [-0.2, -0.15) is 18.3 Å². The standard InChI is InChI=1S/C7H8F3N3O2/c8-7(9,10)3-15-4-11-6(14)5-1-2-12-13-5/h1-2H,3-4H2,(H,11,14)(H,12,13). The summed E-state index contributed by atoms with van der Waals surface area (Å²) < 4.78 is 39.0. The van der Waals surface area contributed by atoms with E-state index >= 15 is 0 Å². The topological polar surface area (TPSA) is 67.0 Å². The van der Waals surface area contributed by atoms with Crippen molar-refractivity contribution in [1.82, 2.24) is 15.5 Å². The molecule has 0 unspecified atom stereocenters. The zero-order chi connectivity index (χ0) is 11.3. The molecule has 0 spiro atoms. The molecule has 2 N–H and O–H groups in total. The fourth-order valence-electron chi connectivity index (χ4n) is 0.761. The molecule has 0 aliphatic rings. The summed E-state index contributed by atoms with van der Waals surface area (Å²) >= 11 is 0. The number of ether oxygens (including phenoxy) is 1. The van der Waals surface area contributed by atoms with Gasteiger partial charge in [-0.3, -0.25) is 9.89 Å². The molecule has 15 heavy (non-hydrogen) atoms. The number of carbonyl (C=O) groups excluding carboxylic acids is 1. The number of aromatic amines is 1. The van der Waals surface area contributed by atoms with Crippen molar-refractivity contribution in [1.29, 1.82) is 0 Å². The number of amides is 1. The molecule has 0 fully saturated rings. The molecule has 84 valence electrons. The van der Waals surface area contributed by atoms with Gasteiger partial charge >= 0.3 is 6.18 Å². The minimum atomic E-state index is -4.39. The number of H-pyrrole nitrogens is 1. The van der Waals surface area contributed by atoms with Crippen LogP contribution in [-0.2, 0) is 4.74 Å². The van der Waals surface area contributed by atoms with Crippen LogP contribution in [0.3, 0.4) is 0 Å². The SMILES string of the molecule is O=C(NCOCC(F)(F)F)c1ccn[nH]1. The summed E-state index contributed by atoms with van der Waals surface area (Å²) in [5.74, 6) is -0.574. The highest BCUT2D eigenvalue weighted by Gasteiger charge is 2.27. The molecule has 1 aromatic heterocycles. The van der Waals surface area contributed by atoms with Crippen molar-refractivity contribution in [3.8, 4) is 0 Å². The Morgan fingerprint density at radius 3 is 2.87 bits per heavy atom. The zero-order valence-corrected chi connectivity index (χ0v) is 7.47. The predicted molar refractivity (Wildman–Crippen MR) is 42.9 cm³/mol. The third-order valence-electron chi connectivity index (χ3n) is 1.35. The fraction of sp³-hybridized carbons (Fsp3) is 0.429. The molecule has 0 atom stereocenters. The average Bonchev–Trinajstić information content (AvgIpc) is 2.63. The van der Waals surface area contributed by atoms with Crippen LogP contribution in [0.1, 0.15) is 10.5 Å². The molecule has 0 radical (unpaired) electrons. The molecule has 1 heterocycles. The maximum absolute atomic E-state index is 11.6. The summed E-state index contributed by atoms with van der Waals surface area (Å²) in [6.45, 7) is -1.90. The third kappa shape index (κ3) is 4.45. The Bertz CT molecular complexity index is 310. The average molecular weight is 223 g/mol. The summed E-state index contributed by atoms with van der Waals surface area (Å²) in [5.41, 5.74) is 0.158. The lowest BCUT2D eigenvalue weighted by Crippen LogP contribution is -2.29. The largest absolute Gasteiger partial charge is 0.411 e. The van der Waals surface area contributed by atoms with Crippen molar-refractivity contribution in [2.75, 3.05) is 13.3 Å². The molecular formula is C7H8F3N3O2. The van der Waals surface area contributed by atoms with E-state index in [2.05, 4.69) is 20.3 Å². The van der Waals surface area contributed by atoms with Crippen molar-refractivity contribution in [2.24, 2.45) is 0 Å². The van der Waals surface area contributed by atoms with E-state index in [1.165, 1.54) is 12.3 Å². The van der Waals surface area contributed by atoms with Crippen molar-refractivity contribution in [3.05, 3.63) is 18.0 Å². The smallest absolute Gasteiger partial charge is 0.352 e. The van der Waals surface area contributed by atoms with Gasteiger partial charge in [0.05, 0.1) is 0 Å². The molecule has 0 bridgehead atoms. The van der Waals surface area contributed by atoms with Crippen LogP contribution in [0.4, 0.5) is 13.2 Å². The van der Waals surface area contributed by atoms with E-state index in [0.717, 1.165) is 0 Å². The van der Waals surface area contributed by atoms with Crippen LogP contribution in [-0.4, -0.2) is 35.6 Å². The summed E-state index contributed by atoms with van der Waals surface area (Å²) in [6.07, 6.45) is -3.04. The number of nitrogens with one attached hydrogen (secondary N) is 2. The predicted octanol–water partition coefficient (Wildman–Crippen LogP) is 0.676. The van der Waals surface area contributed by atoms with E-state index in [-0.39, 0.29) is 5.69 Å². The Labute approximate surface area is 82.6 Å². The van der Waals surface area contributed by atoms with E-state index in [4.69, 9.17) is 0 Å². The van der Waals surface area contributed by atoms with E-state index in [1.807, 2.05) is 0 Å². The second-order valence-corrected chi connectivity index (χ2v) is 2.58. The molecule has 5 nitrogen and oxygen atoms in total. The van der Waals surface area contributed by atoms with Gasteiger partial charge < -0.3 is 10.1 Å². The van der Waals surface area contributed by atoms with E-state index < -0.39 is 25.4 Å². The number of hydrogen-bond acceptors (Lipinski definition) is 3. The number of hydrogen-bond donors (Lipinski definition) is 2. The zero-order valence-electron chi connectivity index (χ0n) is 7.47. The first kappa shape index (κ1) is 11.5. The second kappa shape index (κ2) is 4.78. The number of rotatable bonds is 4. The monoisotopic (exact) mass is 223 g/mol. The Morgan fingerprint density at radius 1 is 1.60 bits per heavy atom. The summed E-state index contributed by atoms with van der Waals surface area (Å²) in [7, 11) is 0. The Kier molecular flexibility index (Phi) is 3.67. The van der Waals surface area contributed by atoms with Crippen molar-refractivity contribution < 1.29 is 22.7 Å². The van der Waals surface area contributed by atoms with Gasteiger partial charge in [-0.1, -0.05) is 0 Å². The van der Waals surface area contributed by atoms with Crippen LogP contribution < -0.4 is 5.32 Å². The maximum Gasteiger partial charge on any atom is 0.411 e. The maximum atomic E-state index is 11.6. The fourth-order valence-corrected chi connectivity index (χ4v) is 0.761. The van der Waals surface area contributed by atoms with E-state index in [0.29, 0.717) is 0 Å². The van der Waals surface area contributed by atoms with Crippen molar-refractivity contribution in [2.45, 2.75) is 6.18 Å². The lowest BCUT2D eigenvalue weighted by atomic mass is 10.4. The van der Waals surface area contributed by atoms with Gasteiger partial charge in [-0.25, -0.2) is 0 Å². The lowest BCUT2D eigenvalue weighted by Gasteiger charge is -2.07. The van der Waals surface area contributed by atoms with Gasteiger partial charge in [0.1, 0.15) is 19.0 Å². The van der Waals surface area contributed by atoms with Crippen molar-refractivity contribution in [3.63, 3.8) is 0 Å². The first-order valence-corrected chi connectivity index (χ1v) is 3.91. The molecule has 1 rings (SSSR count). The number of aromatic nitrogens is 2. The number of nitrogens with zero attached hydrogens (tertiary/aromatic N) is 1. The molecule has 1 amide bonds. The highest BCUT2D eigenvalue weighted by molar-refractivity contribution is 5.91. The Balaban J connectivity index is 2.19. The molecule has 0 aliphatic carbocycles. The first-order chi connectivity index (χ1) is 6.99. The minimum Gasteiger partial charge on any atom is -0.352 e. The minimum absolute atomic E-state index is 0.158. The summed E-state index contributed by atoms with van der Waals surface area (Å²) in [5, 5.41) is 7.98. The molecule has 8 heteroatoms.